The van der Waals surface area contributed by atoms with Crippen LogP contribution in [0.2, 0.25) is 5.02 Å². The number of carboxylic acid groups (broad SMARTS) is 1. The molecule has 1 N–H and O–H groups in total. The second kappa shape index (κ2) is 13.6. The van der Waals surface area contributed by atoms with Gasteiger partial charge in [-0.15, -0.1) is 5.10 Å². The Kier molecular flexibility index (Phi) is 10.3. The van der Waals surface area contributed by atoms with Crippen molar-refractivity contribution >= 4 is 29.3 Å². The number of benzene rings is 1. The standard InChI is InChI=1S/C28H32ClF6N7O2/c1-3-41(14-18-6-4-17(5-7-18)10-24(43)44)25-20(11-22(13-36-25)28(33,34)35)16-42(26-37-39-40(2)38-26)15-19-8-21(27(30,31)32)12-23(29)9-19/h8-9,11-13,17-18H,3-7,10,14-16H2,1-2H3,(H,43,44)/t17-,18-. The van der Waals surface area contributed by atoms with E-state index >= 15 is 0 Å². The molecule has 16 heteroatoms. The van der Waals surface area contributed by atoms with Crippen LogP contribution < -0.4 is 9.80 Å². The van der Waals surface area contributed by atoms with Gasteiger partial charge in [0.25, 0.3) is 5.95 Å². The first-order valence-electron chi connectivity index (χ1n) is 14.0. The van der Waals surface area contributed by atoms with Crippen molar-refractivity contribution in [2.75, 3.05) is 22.9 Å². The van der Waals surface area contributed by atoms with Gasteiger partial charge in [0.15, 0.2) is 0 Å². The van der Waals surface area contributed by atoms with Crippen LogP contribution in [-0.2, 0) is 37.3 Å². The predicted octanol–water partition coefficient (Wildman–Crippen LogP) is 6.61. The normalized spacial score (nSPS) is 17.5. The maximum Gasteiger partial charge on any atom is 0.417 e. The Morgan fingerprint density at radius 3 is 2.20 bits per heavy atom. The molecule has 0 amide bonds. The topological polar surface area (TPSA) is 100 Å². The number of nitrogens with zero attached hydrogens (tertiary/aromatic N) is 7. The summed E-state index contributed by atoms with van der Waals surface area (Å²) in [4.78, 5) is 19.8. The molecule has 1 aliphatic carbocycles. The van der Waals surface area contributed by atoms with Gasteiger partial charge in [0.2, 0.25) is 0 Å². The van der Waals surface area contributed by atoms with Crippen LogP contribution >= 0.6 is 11.6 Å². The third-order valence-corrected chi connectivity index (χ3v) is 7.88. The van der Waals surface area contributed by atoms with Crippen molar-refractivity contribution in [2.24, 2.45) is 18.9 Å². The van der Waals surface area contributed by atoms with Crippen LogP contribution in [0.3, 0.4) is 0 Å². The van der Waals surface area contributed by atoms with E-state index in [-0.39, 0.29) is 53.4 Å². The zero-order chi connectivity index (χ0) is 32.2. The minimum Gasteiger partial charge on any atom is -0.481 e. The Bertz CT molecular complexity index is 1440. The summed E-state index contributed by atoms with van der Waals surface area (Å²) in [5, 5.41) is 20.9. The molecular weight excluding hydrogens is 616 g/mol. The number of carbonyl (C=O) groups is 1. The molecule has 44 heavy (non-hydrogen) atoms. The third kappa shape index (κ3) is 8.73. The van der Waals surface area contributed by atoms with E-state index < -0.39 is 29.4 Å². The van der Waals surface area contributed by atoms with Gasteiger partial charge in [-0.2, -0.15) is 31.1 Å². The zero-order valence-corrected chi connectivity index (χ0v) is 24.8. The number of carboxylic acids is 1. The summed E-state index contributed by atoms with van der Waals surface area (Å²) in [6.07, 6.45) is -5.44. The van der Waals surface area contributed by atoms with E-state index in [1.807, 2.05) is 11.8 Å². The van der Waals surface area contributed by atoms with E-state index in [1.54, 1.807) is 0 Å². The molecule has 240 valence electrons. The summed E-state index contributed by atoms with van der Waals surface area (Å²) in [6, 6.07) is 4.03. The fourth-order valence-electron chi connectivity index (χ4n) is 5.53. The molecule has 4 rings (SSSR count). The lowest BCUT2D eigenvalue weighted by Crippen LogP contribution is -2.34. The first-order valence-corrected chi connectivity index (χ1v) is 14.4. The van der Waals surface area contributed by atoms with Crippen molar-refractivity contribution in [3.8, 4) is 0 Å². The molecule has 2 aromatic heterocycles. The SMILES string of the molecule is CCN(C[C@H]1CC[C@H](CC(=O)O)CC1)c1ncc(C(F)(F)F)cc1CN(Cc1cc(Cl)cc(C(F)(F)F)c1)c1nnn(C)n1. The number of tetrazole rings is 1. The van der Waals surface area contributed by atoms with E-state index in [0.29, 0.717) is 18.9 Å². The first-order chi connectivity index (χ1) is 20.6. The lowest BCUT2D eigenvalue weighted by Gasteiger charge is -2.34. The quantitative estimate of drug-likeness (QED) is 0.232. The summed E-state index contributed by atoms with van der Waals surface area (Å²) in [5.74, 6) is -0.275. The average molecular weight is 648 g/mol. The predicted molar refractivity (Wildman–Crippen MR) is 150 cm³/mol. The molecule has 0 bridgehead atoms. The largest absolute Gasteiger partial charge is 0.481 e. The van der Waals surface area contributed by atoms with Crippen molar-refractivity contribution in [1.82, 2.24) is 25.2 Å². The molecule has 0 radical (unpaired) electrons. The second-order valence-electron chi connectivity index (χ2n) is 11.0. The number of rotatable bonds is 11. The van der Waals surface area contributed by atoms with Gasteiger partial charge in [-0.3, -0.25) is 4.79 Å². The zero-order valence-electron chi connectivity index (χ0n) is 24.0. The van der Waals surface area contributed by atoms with Crippen molar-refractivity contribution in [1.29, 1.82) is 0 Å². The molecule has 1 aliphatic rings. The Morgan fingerprint density at radius 2 is 1.64 bits per heavy atom. The summed E-state index contributed by atoms with van der Waals surface area (Å²) in [6.45, 7) is 2.32. The number of hydrogen-bond acceptors (Lipinski definition) is 7. The van der Waals surface area contributed by atoms with Crippen molar-refractivity contribution in [3.05, 3.63) is 57.7 Å². The number of aliphatic carboxylic acids is 1. The maximum absolute atomic E-state index is 13.8. The van der Waals surface area contributed by atoms with Gasteiger partial charge in [-0.05, 0) is 79.5 Å². The maximum atomic E-state index is 13.8. The highest BCUT2D eigenvalue weighted by Gasteiger charge is 2.34. The van der Waals surface area contributed by atoms with Gasteiger partial charge in [0, 0.05) is 49.4 Å². The highest BCUT2D eigenvalue weighted by atomic mass is 35.5. The number of hydrogen-bond donors (Lipinski definition) is 1. The van der Waals surface area contributed by atoms with Crippen LogP contribution in [0, 0.1) is 11.8 Å². The Morgan fingerprint density at radius 1 is 0.977 bits per heavy atom. The van der Waals surface area contributed by atoms with E-state index in [1.165, 1.54) is 18.0 Å². The molecule has 0 atom stereocenters. The number of anilines is 2. The minimum absolute atomic E-state index is 0.0100. The fraction of sp³-hybridized carbons (Fsp3) is 0.536. The lowest BCUT2D eigenvalue weighted by molar-refractivity contribution is -0.139. The smallest absolute Gasteiger partial charge is 0.417 e. The molecule has 9 nitrogen and oxygen atoms in total. The van der Waals surface area contributed by atoms with E-state index in [2.05, 4.69) is 20.4 Å². The van der Waals surface area contributed by atoms with Crippen LogP contribution in [-0.4, -0.2) is 49.4 Å². The molecule has 0 unspecified atom stereocenters. The molecule has 0 spiro atoms. The van der Waals surface area contributed by atoms with Gasteiger partial charge >= 0.3 is 18.3 Å². The Labute approximate surface area is 254 Å². The van der Waals surface area contributed by atoms with Gasteiger partial charge in [-0.25, -0.2) is 4.98 Å². The molecule has 0 saturated heterocycles. The first kappa shape index (κ1) is 33.3. The highest BCUT2D eigenvalue weighted by molar-refractivity contribution is 6.30. The summed E-state index contributed by atoms with van der Waals surface area (Å²) < 4.78 is 82.0. The summed E-state index contributed by atoms with van der Waals surface area (Å²) in [5.41, 5.74) is -1.63. The molecular formula is C28H32ClF6N7O2. The second-order valence-corrected chi connectivity index (χ2v) is 11.4. The van der Waals surface area contributed by atoms with Gasteiger partial charge in [0.05, 0.1) is 18.2 Å². The van der Waals surface area contributed by atoms with Gasteiger partial charge < -0.3 is 14.9 Å². The number of aryl methyl sites for hydroxylation is 1. The number of pyridine rings is 1. The van der Waals surface area contributed by atoms with E-state index in [9.17, 15) is 31.1 Å². The van der Waals surface area contributed by atoms with Crippen LogP contribution in [0.1, 0.15) is 61.3 Å². The van der Waals surface area contributed by atoms with Crippen molar-refractivity contribution < 1.29 is 36.2 Å². The molecule has 1 aromatic carbocycles. The van der Waals surface area contributed by atoms with E-state index in [4.69, 9.17) is 16.7 Å². The molecule has 3 aromatic rings. The number of alkyl halides is 6. The van der Waals surface area contributed by atoms with Crippen molar-refractivity contribution in [3.63, 3.8) is 0 Å². The summed E-state index contributed by atoms with van der Waals surface area (Å²) in [7, 11) is 1.48. The van der Waals surface area contributed by atoms with Crippen LogP contribution in [0.15, 0.2) is 30.5 Å². The van der Waals surface area contributed by atoms with E-state index in [0.717, 1.165) is 54.9 Å². The Balaban J connectivity index is 1.67. The minimum atomic E-state index is -4.69. The fourth-order valence-corrected chi connectivity index (χ4v) is 5.79. The molecule has 0 aliphatic heterocycles. The molecule has 1 fully saturated rings. The van der Waals surface area contributed by atoms with Crippen LogP contribution in [0.4, 0.5) is 38.1 Å². The highest BCUT2D eigenvalue weighted by Crippen LogP contribution is 2.36. The number of halogens is 7. The number of aromatic nitrogens is 5. The van der Waals surface area contributed by atoms with Crippen LogP contribution in [0.5, 0.6) is 0 Å². The summed E-state index contributed by atoms with van der Waals surface area (Å²) >= 11 is 6.00. The van der Waals surface area contributed by atoms with Crippen LogP contribution in [0.25, 0.3) is 0 Å². The third-order valence-electron chi connectivity index (χ3n) is 7.66. The van der Waals surface area contributed by atoms with Gasteiger partial charge in [0.1, 0.15) is 5.82 Å². The average Bonchev–Trinajstić information content (AvgIpc) is 3.37. The van der Waals surface area contributed by atoms with Gasteiger partial charge in [-0.1, -0.05) is 16.7 Å². The molecule has 2 heterocycles. The van der Waals surface area contributed by atoms with Crippen molar-refractivity contribution in [2.45, 2.75) is 64.5 Å². The monoisotopic (exact) mass is 647 g/mol. The molecule has 1 saturated carbocycles. The lowest BCUT2D eigenvalue weighted by atomic mass is 9.80. The Hall–Kier alpha value is -3.62.